The van der Waals surface area contributed by atoms with E-state index >= 15 is 0 Å². The molecule has 8 nitrogen and oxygen atoms in total. The number of H-pyrrole nitrogens is 1. The van der Waals surface area contributed by atoms with Gasteiger partial charge in [-0.2, -0.15) is 15.4 Å². The highest BCUT2D eigenvalue weighted by Gasteiger charge is 2.29. The first-order valence-electron chi connectivity index (χ1n) is 12.2. The Kier molecular flexibility index (Phi) is 6.11. The molecule has 0 unspecified atom stereocenters. The van der Waals surface area contributed by atoms with Gasteiger partial charge in [-0.05, 0) is 46.0 Å². The summed E-state index contributed by atoms with van der Waals surface area (Å²) in [6.45, 7) is 0.198. The van der Waals surface area contributed by atoms with Crippen molar-refractivity contribution < 1.29 is 14.3 Å². The Labute approximate surface area is 218 Å². The van der Waals surface area contributed by atoms with Crippen molar-refractivity contribution in [2.45, 2.75) is 5.92 Å². The van der Waals surface area contributed by atoms with Gasteiger partial charge >= 0.3 is 6.09 Å². The third-order valence-electron chi connectivity index (χ3n) is 6.54. The molecule has 0 aliphatic heterocycles. The largest absolute Gasteiger partial charge is 0.448 e. The third-order valence-corrected chi connectivity index (χ3v) is 6.54. The number of anilines is 2. The van der Waals surface area contributed by atoms with Crippen molar-refractivity contribution in [2.75, 3.05) is 17.2 Å². The average Bonchev–Trinajstić information content (AvgIpc) is 3.57. The van der Waals surface area contributed by atoms with Gasteiger partial charge in [0.2, 0.25) is 5.91 Å². The normalized spacial score (nSPS) is 12.3. The van der Waals surface area contributed by atoms with Crippen LogP contribution in [0.4, 0.5) is 16.2 Å². The molecule has 0 atom stereocenters. The van der Waals surface area contributed by atoms with Gasteiger partial charge in [-0.15, -0.1) is 0 Å². The van der Waals surface area contributed by atoms with Crippen molar-refractivity contribution in [3.05, 3.63) is 114 Å². The molecular weight excluding hydrogens is 478 g/mol. The molecule has 0 spiro atoms. The fourth-order valence-electron chi connectivity index (χ4n) is 4.79. The zero-order chi connectivity index (χ0) is 25.9. The number of hydrogen-bond donors (Lipinski definition) is 3. The summed E-state index contributed by atoms with van der Waals surface area (Å²) < 4.78 is 5.65. The van der Waals surface area contributed by atoms with Crippen LogP contribution in [0.2, 0.25) is 0 Å². The van der Waals surface area contributed by atoms with Crippen LogP contribution in [-0.2, 0) is 9.53 Å². The fourth-order valence-corrected chi connectivity index (χ4v) is 4.79. The van der Waals surface area contributed by atoms with Crippen molar-refractivity contribution in [1.29, 1.82) is 0 Å². The van der Waals surface area contributed by atoms with E-state index in [-0.39, 0.29) is 18.4 Å². The van der Waals surface area contributed by atoms with E-state index in [0.29, 0.717) is 22.4 Å². The van der Waals surface area contributed by atoms with Gasteiger partial charge in [0.15, 0.2) is 0 Å². The molecular formula is C30H23N5O3. The Morgan fingerprint density at radius 2 is 1.34 bits per heavy atom. The second kappa shape index (κ2) is 10.0. The summed E-state index contributed by atoms with van der Waals surface area (Å²) in [5.74, 6) is -0.350. The van der Waals surface area contributed by atoms with Crippen LogP contribution >= 0.6 is 0 Å². The van der Waals surface area contributed by atoms with Gasteiger partial charge in [0.05, 0.1) is 11.4 Å². The number of amides is 2. The van der Waals surface area contributed by atoms with Crippen molar-refractivity contribution >= 4 is 40.5 Å². The second-order valence-electron chi connectivity index (χ2n) is 8.87. The van der Waals surface area contributed by atoms with Crippen molar-refractivity contribution in [3.8, 4) is 11.1 Å². The smallest absolute Gasteiger partial charge is 0.411 e. The van der Waals surface area contributed by atoms with Crippen LogP contribution in [0.5, 0.6) is 0 Å². The van der Waals surface area contributed by atoms with Gasteiger partial charge < -0.3 is 10.1 Å². The molecule has 0 saturated heterocycles. The molecule has 1 aromatic heterocycles. The van der Waals surface area contributed by atoms with Crippen molar-refractivity contribution in [1.82, 2.24) is 15.4 Å². The standard InChI is InChI=1S/C30H23N5O3/c36-27(17-14-19-8-2-1-3-9-19)31-25-15-16-26(29-28(25)33-35-34-29)32-30(37)38-18-24-22-12-6-4-10-20(22)21-11-5-7-13-23(21)24/h1-17,24H,18H2,(H,31,36)(H,32,37)(H,33,34,35). The minimum Gasteiger partial charge on any atom is -0.448 e. The van der Waals surface area contributed by atoms with Crippen LogP contribution in [0, 0.1) is 0 Å². The highest BCUT2D eigenvalue weighted by atomic mass is 16.5. The van der Waals surface area contributed by atoms with Gasteiger partial charge in [-0.3, -0.25) is 10.1 Å². The molecule has 1 heterocycles. The quantitative estimate of drug-likeness (QED) is 0.248. The van der Waals surface area contributed by atoms with Crippen LogP contribution in [0.25, 0.3) is 28.2 Å². The van der Waals surface area contributed by atoms with Crippen LogP contribution in [0.1, 0.15) is 22.6 Å². The Morgan fingerprint density at radius 3 is 2.00 bits per heavy atom. The van der Waals surface area contributed by atoms with Crippen LogP contribution < -0.4 is 10.6 Å². The summed E-state index contributed by atoms with van der Waals surface area (Å²) in [4.78, 5) is 25.2. The molecule has 0 radical (unpaired) electrons. The number of rotatable bonds is 6. The summed E-state index contributed by atoms with van der Waals surface area (Å²) in [6.07, 6.45) is 2.57. The number of nitrogens with zero attached hydrogens (tertiary/aromatic N) is 2. The lowest BCUT2D eigenvalue weighted by atomic mass is 9.98. The maximum atomic E-state index is 12.8. The second-order valence-corrected chi connectivity index (χ2v) is 8.87. The lowest BCUT2D eigenvalue weighted by Gasteiger charge is -2.15. The highest BCUT2D eigenvalue weighted by Crippen LogP contribution is 2.44. The van der Waals surface area contributed by atoms with Crippen LogP contribution in [-0.4, -0.2) is 34.0 Å². The minimum atomic E-state index is -0.598. The predicted octanol–water partition coefficient (Wildman–Crippen LogP) is 5.97. The number of carbonyl (C=O) groups is 2. The molecule has 38 heavy (non-hydrogen) atoms. The molecule has 4 aromatic carbocycles. The number of carbonyl (C=O) groups excluding carboxylic acids is 2. The number of hydrogen-bond acceptors (Lipinski definition) is 5. The topological polar surface area (TPSA) is 109 Å². The zero-order valence-corrected chi connectivity index (χ0v) is 20.2. The molecule has 1 aliphatic carbocycles. The van der Waals surface area contributed by atoms with E-state index in [9.17, 15) is 9.59 Å². The first-order valence-corrected chi connectivity index (χ1v) is 12.2. The van der Waals surface area contributed by atoms with E-state index in [2.05, 4.69) is 50.3 Å². The van der Waals surface area contributed by atoms with Gasteiger partial charge in [0, 0.05) is 12.0 Å². The average molecular weight is 502 g/mol. The molecule has 6 rings (SSSR count). The summed E-state index contributed by atoms with van der Waals surface area (Å²) in [5.41, 5.74) is 7.24. The van der Waals surface area contributed by atoms with Gasteiger partial charge in [-0.25, -0.2) is 4.79 Å². The highest BCUT2D eigenvalue weighted by molar-refractivity contribution is 6.09. The third kappa shape index (κ3) is 4.51. The van der Waals surface area contributed by atoms with Gasteiger partial charge in [0.1, 0.15) is 17.6 Å². The number of fused-ring (bicyclic) bond motifs is 4. The molecule has 8 heteroatoms. The molecule has 5 aromatic rings. The van der Waals surface area contributed by atoms with Gasteiger partial charge in [-0.1, -0.05) is 78.9 Å². The van der Waals surface area contributed by atoms with E-state index < -0.39 is 6.09 Å². The summed E-state index contributed by atoms with van der Waals surface area (Å²) in [5, 5.41) is 16.4. The maximum Gasteiger partial charge on any atom is 0.411 e. The predicted molar refractivity (Wildman–Crippen MR) is 147 cm³/mol. The van der Waals surface area contributed by atoms with Crippen molar-refractivity contribution in [3.63, 3.8) is 0 Å². The fraction of sp³-hybridized carbons (Fsp3) is 0.0667. The molecule has 186 valence electrons. The first kappa shape index (κ1) is 23.2. The summed E-state index contributed by atoms with van der Waals surface area (Å²) in [6, 6.07) is 29.2. The van der Waals surface area contributed by atoms with E-state index in [1.165, 1.54) is 6.08 Å². The lowest BCUT2D eigenvalue weighted by molar-refractivity contribution is -0.111. The molecule has 3 N–H and O–H groups in total. The summed E-state index contributed by atoms with van der Waals surface area (Å²) in [7, 11) is 0. The monoisotopic (exact) mass is 501 g/mol. The molecule has 1 aliphatic rings. The number of nitrogens with one attached hydrogen (secondary N) is 3. The van der Waals surface area contributed by atoms with Crippen molar-refractivity contribution in [2.24, 2.45) is 0 Å². The SMILES string of the molecule is O=C(C=Cc1ccccc1)Nc1ccc(NC(=O)OCC2c3ccccc3-c3ccccc32)c2n[nH]nc12. The summed E-state index contributed by atoms with van der Waals surface area (Å²) >= 11 is 0. The molecule has 0 saturated carbocycles. The maximum absolute atomic E-state index is 12.8. The number of aromatic nitrogens is 3. The Balaban J connectivity index is 1.14. The lowest BCUT2D eigenvalue weighted by Crippen LogP contribution is -2.18. The first-order chi connectivity index (χ1) is 18.7. The van der Waals surface area contributed by atoms with E-state index in [1.807, 2.05) is 54.6 Å². The van der Waals surface area contributed by atoms with E-state index in [0.717, 1.165) is 27.8 Å². The molecule has 0 bridgehead atoms. The van der Waals surface area contributed by atoms with E-state index in [4.69, 9.17) is 4.74 Å². The van der Waals surface area contributed by atoms with E-state index in [1.54, 1.807) is 18.2 Å². The number of ether oxygens (including phenoxy) is 1. The Bertz CT molecular complexity index is 1630. The molecule has 2 amide bonds. The van der Waals surface area contributed by atoms with Crippen LogP contribution in [0.3, 0.4) is 0 Å². The molecule has 0 fully saturated rings. The van der Waals surface area contributed by atoms with Crippen LogP contribution in [0.15, 0.2) is 97.1 Å². The number of benzene rings is 4. The Morgan fingerprint density at radius 1 is 0.763 bits per heavy atom. The Hall–Kier alpha value is -5.24. The zero-order valence-electron chi connectivity index (χ0n) is 20.2. The minimum absolute atomic E-state index is 0.0400. The number of aromatic amines is 1. The van der Waals surface area contributed by atoms with Gasteiger partial charge in [0.25, 0.3) is 0 Å².